The Morgan fingerprint density at radius 1 is 1.26 bits per heavy atom. The molecule has 3 nitrogen and oxygen atoms in total. The van der Waals surface area contributed by atoms with Crippen LogP contribution in [0.25, 0.3) is 5.69 Å². The first-order chi connectivity index (χ1) is 9.20. The largest absolute Gasteiger partial charge is 0.309 e. The van der Waals surface area contributed by atoms with Gasteiger partial charge in [0.15, 0.2) is 0 Å². The minimum Gasteiger partial charge on any atom is -0.309 e. The Morgan fingerprint density at radius 3 is 2.58 bits per heavy atom. The van der Waals surface area contributed by atoms with Crippen LogP contribution in [0, 0.1) is 0 Å². The zero-order valence-electron chi connectivity index (χ0n) is 11.7. The van der Waals surface area contributed by atoms with E-state index in [9.17, 15) is 0 Å². The summed E-state index contributed by atoms with van der Waals surface area (Å²) in [6.45, 7) is 5.48. The zero-order valence-corrected chi connectivity index (χ0v) is 12.5. The number of hydrogen-bond donors (Lipinski definition) is 1. The second kappa shape index (κ2) is 6.78. The molecule has 0 radical (unpaired) electrons. The molecule has 102 valence electrons. The molecule has 2 atom stereocenters. The highest BCUT2D eigenvalue weighted by Crippen LogP contribution is 2.16. The Kier molecular flexibility index (Phi) is 5.05. The van der Waals surface area contributed by atoms with E-state index in [0.717, 1.165) is 12.2 Å². The van der Waals surface area contributed by atoms with Crippen LogP contribution in [0.2, 0.25) is 0 Å². The van der Waals surface area contributed by atoms with Gasteiger partial charge in [0.25, 0.3) is 0 Å². The van der Waals surface area contributed by atoms with Crippen molar-refractivity contribution in [3.63, 3.8) is 0 Å². The fraction of sp³-hybridized carbons (Fsp3) is 0.400. The van der Waals surface area contributed by atoms with Crippen LogP contribution in [0.3, 0.4) is 0 Å². The Labute approximate surface area is 119 Å². The third kappa shape index (κ3) is 3.85. The number of hydrogen-bond acceptors (Lipinski definition) is 3. The lowest BCUT2D eigenvalue weighted by Crippen LogP contribution is -2.25. The molecule has 0 bridgehead atoms. The molecule has 4 heteroatoms. The van der Waals surface area contributed by atoms with Gasteiger partial charge in [-0.05, 0) is 30.9 Å². The van der Waals surface area contributed by atoms with Crippen LogP contribution in [0.5, 0.6) is 0 Å². The average Bonchev–Trinajstić information content (AvgIpc) is 2.98. The number of imidazole rings is 1. The van der Waals surface area contributed by atoms with Gasteiger partial charge in [0.1, 0.15) is 0 Å². The second-order valence-corrected chi connectivity index (χ2v) is 6.01. The minimum atomic E-state index is 0.381. The lowest BCUT2D eigenvalue weighted by molar-refractivity contribution is 0.576. The van der Waals surface area contributed by atoms with Crippen LogP contribution in [0.15, 0.2) is 43.0 Å². The molecule has 1 N–H and O–H groups in total. The summed E-state index contributed by atoms with van der Waals surface area (Å²) in [4.78, 5) is 4.06. The standard InChI is InChI=1S/C15H21N3S/c1-12(19-3)10-17-13(2)14-4-6-15(7-5-14)18-9-8-16-11-18/h4-9,11-13,17H,10H2,1-3H3/t12-,13+/m0/s1. The van der Waals surface area contributed by atoms with Crippen LogP contribution in [-0.4, -0.2) is 27.6 Å². The number of thioether (sulfide) groups is 1. The molecule has 0 unspecified atom stereocenters. The first-order valence-corrected chi connectivity index (χ1v) is 7.84. The lowest BCUT2D eigenvalue weighted by atomic mass is 10.1. The molecule has 0 aliphatic carbocycles. The van der Waals surface area contributed by atoms with Crippen molar-refractivity contribution in [1.29, 1.82) is 0 Å². The molecule has 1 aromatic carbocycles. The molecule has 2 aromatic rings. The quantitative estimate of drug-likeness (QED) is 0.877. The third-order valence-corrected chi connectivity index (χ3v) is 4.28. The highest BCUT2D eigenvalue weighted by molar-refractivity contribution is 7.99. The minimum absolute atomic E-state index is 0.381. The van der Waals surface area contributed by atoms with Crippen molar-refractivity contribution in [1.82, 2.24) is 14.9 Å². The molecule has 0 amide bonds. The van der Waals surface area contributed by atoms with Crippen LogP contribution in [0.4, 0.5) is 0 Å². The van der Waals surface area contributed by atoms with Gasteiger partial charge in [-0.3, -0.25) is 0 Å². The Bertz CT molecular complexity index is 479. The summed E-state index contributed by atoms with van der Waals surface area (Å²) in [7, 11) is 0. The Hall–Kier alpha value is -1.26. The molecule has 0 spiro atoms. The van der Waals surface area contributed by atoms with E-state index in [-0.39, 0.29) is 0 Å². The van der Waals surface area contributed by atoms with Gasteiger partial charge in [-0.1, -0.05) is 19.1 Å². The first-order valence-electron chi connectivity index (χ1n) is 6.55. The Balaban J connectivity index is 1.98. The smallest absolute Gasteiger partial charge is 0.0991 e. The van der Waals surface area contributed by atoms with Gasteiger partial charge >= 0.3 is 0 Å². The molecule has 2 rings (SSSR count). The van der Waals surface area contributed by atoms with E-state index < -0.39 is 0 Å². The molecule has 0 aliphatic heterocycles. The van der Waals surface area contributed by atoms with E-state index in [1.807, 2.05) is 28.9 Å². The molecule has 0 fully saturated rings. The fourth-order valence-corrected chi connectivity index (χ4v) is 2.15. The van der Waals surface area contributed by atoms with Crippen molar-refractivity contribution < 1.29 is 0 Å². The number of rotatable bonds is 6. The number of nitrogens with zero attached hydrogens (tertiary/aromatic N) is 2. The maximum atomic E-state index is 4.06. The summed E-state index contributed by atoms with van der Waals surface area (Å²) in [5, 5.41) is 4.21. The average molecular weight is 275 g/mol. The van der Waals surface area contributed by atoms with Gasteiger partial charge in [-0.25, -0.2) is 4.98 Å². The van der Waals surface area contributed by atoms with Crippen LogP contribution >= 0.6 is 11.8 Å². The predicted octanol–water partition coefficient (Wildman–Crippen LogP) is 3.27. The van der Waals surface area contributed by atoms with E-state index in [2.05, 4.69) is 54.7 Å². The van der Waals surface area contributed by atoms with Crippen molar-refractivity contribution in [2.75, 3.05) is 12.8 Å². The highest BCUT2D eigenvalue weighted by atomic mass is 32.2. The van der Waals surface area contributed by atoms with Gasteiger partial charge in [0.2, 0.25) is 0 Å². The van der Waals surface area contributed by atoms with E-state index in [4.69, 9.17) is 0 Å². The first kappa shape index (κ1) is 14.2. The summed E-state index contributed by atoms with van der Waals surface area (Å²) in [6, 6.07) is 9.00. The van der Waals surface area contributed by atoms with Crippen molar-refractivity contribution in [2.45, 2.75) is 25.1 Å². The maximum Gasteiger partial charge on any atom is 0.0991 e. The second-order valence-electron chi connectivity index (χ2n) is 4.74. The van der Waals surface area contributed by atoms with Gasteiger partial charge in [0.05, 0.1) is 6.33 Å². The summed E-state index contributed by atoms with van der Waals surface area (Å²) in [5.41, 5.74) is 2.46. The van der Waals surface area contributed by atoms with E-state index in [0.29, 0.717) is 11.3 Å². The molecule has 1 aromatic heterocycles. The summed E-state index contributed by atoms with van der Waals surface area (Å²) in [6.07, 6.45) is 7.71. The van der Waals surface area contributed by atoms with E-state index in [1.165, 1.54) is 5.56 Å². The molecule has 0 saturated heterocycles. The van der Waals surface area contributed by atoms with Gasteiger partial charge in [-0.15, -0.1) is 0 Å². The summed E-state index contributed by atoms with van der Waals surface area (Å²) in [5.74, 6) is 0. The molecule has 0 saturated carbocycles. The van der Waals surface area contributed by atoms with Gasteiger partial charge < -0.3 is 9.88 Å². The normalized spacial score (nSPS) is 14.3. The lowest BCUT2D eigenvalue weighted by Gasteiger charge is -2.17. The van der Waals surface area contributed by atoms with Crippen molar-refractivity contribution in [2.24, 2.45) is 0 Å². The highest BCUT2D eigenvalue weighted by Gasteiger charge is 2.07. The van der Waals surface area contributed by atoms with Crippen molar-refractivity contribution in [3.8, 4) is 5.69 Å². The fourth-order valence-electron chi connectivity index (χ4n) is 1.89. The monoisotopic (exact) mass is 275 g/mol. The maximum absolute atomic E-state index is 4.06. The molecule has 1 heterocycles. The van der Waals surface area contributed by atoms with Crippen molar-refractivity contribution in [3.05, 3.63) is 48.5 Å². The van der Waals surface area contributed by atoms with Crippen LogP contribution in [0.1, 0.15) is 25.5 Å². The number of benzene rings is 1. The third-order valence-electron chi connectivity index (χ3n) is 3.31. The van der Waals surface area contributed by atoms with Gasteiger partial charge in [0, 0.05) is 35.9 Å². The molecule has 19 heavy (non-hydrogen) atoms. The summed E-state index contributed by atoms with van der Waals surface area (Å²) >= 11 is 1.89. The van der Waals surface area contributed by atoms with Crippen LogP contribution in [-0.2, 0) is 0 Å². The SMILES string of the molecule is CS[C@@H](C)CN[C@H](C)c1ccc(-n2ccnc2)cc1. The molecular formula is C15H21N3S. The summed E-state index contributed by atoms with van der Waals surface area (Å²) < 4.78 is 2.01. The predicted molar refractivity (Wildman–Crippen MR) is 83.0 cm³/mol. The number of aromatic nitrogens is 2. The zero-order chi connectivity index (χ0) is 13.7. The van der Waals surface area contributed by atoms with Crippen LogP contribution < -0.4 is 5.32 Å². The van der Waals surface area contributed by atoms with Gasteiger partial charge in [-0.2, -0.15) is 11.8 Å². The molecular weight excluding hydrogens is 254 g/mol. The van der Waals surface area contributed by atoms with E-state index >= 15 is 0 Å². The Morgan fingerprint density at radius 2 is 2.00 bits per heavy atom. The van der Waals surface area contributed by atoms with E-state index in [1.54, 1.807) is 6.20 Å². The van der Waals surface area contributed by atoms with Crippen molar-refractivity contribution >= 4 is 11.8 Å². The topological polar surface area (TPSA) is 29.9 Å². The number of nitrogens with one attached hydrogen (secondary N) is 1. The molecule has 0 aliphatic rings.